The molecule has 0 aromatic heterocycles. The van der Waals surface area contributed by atoms with Crippen molar-refractivity contribution in [3.63, 3.8) is 0 Å². The Labute approximate surface area is 83.9 Å². The number of rotatable bonds is 8. The third kappa shape index (κ3) is 9.88. The average Bonchev–Trinajstić information content (AvgIpc) is 2.09. The number of unbranched alkanes of at least 4 members (excludes halogenated alkanes) is 3. The van der Waals surface area contributed by atoms with Gasteiger partial charge in [0.1, 0.15) is 0 Å². The topological polar surface area (TPSA) is 9.23 Å². The largest absolute Gasteiger partial charge is 0.378 e. The van der Waals surface area contributed by atoms with E-state index in [0.29, 0.717) is 12.0 Å². The van der Waals surface area contributed by atoms with Gasteiger partial charge in [0, 0.05) is 6.61 Å². The van der Waals surface area contributed by atoms with Gasteiger partial charge < -0.3 is 4.74 Å². The lowest BCUT2D eigenvalue weighted by atomic mass is 10.1. The summed E-state index contributed by atoms with van der Waals surface area (Å²) in [5, 5.41) is 0. The summed E-state index contributed by atoms with van der Waals surface area (Å²) in [6, 6.07) is 0. The Balaban J connectivity index is 3.15. The van der Waals surface area contributed by atoms with Gasteiger partial charge in [0.15, 0.2) is 0 Å². The Kier molecular flexibility index (Phi) is 8.53. The van der Waals surface area contributed by atoms with E-state index < -0.39 is 0 Å². The lowest BCUT2D eigenvalue weighted by molar-refractivity contribution is 0.0409. The molecule has 0 amide bonds. The molecule has 0 aromatic carbocycles. The Morgan fingerprint density at radius 1 is 1.00 bits per heavy atom. The maximum atomic E-state index is 5.68. The van der Waals surface area contributed by atoms with Crippen LogP contribution >= 0.6 is 0 Å². The van der Waals surface area contributed by atoms with E-state index >= 15 is 0 Å². The Morgan fingerprint density at radius 3 is 2.23 bits per heavy atom. The van der Waals surface area contributed by atoms with E-state index in [1.807, 2.05) is 0 Å². The lowest BCUT2D eigenvalue weighted by Gasteiger charge is -2.14. The lowest BCUT2D eigenvalue weighted by Crippen LogP contribution is -2.12. The first-order valence-corrected chi connectivity index (χ1v) is 5.78. The molecule has 0 spiro atoms. The maximum absolute atomic E-state index is 5.68. The fraction of sp³-hybridized carbons (Fsp3) is 1.00. The highest BCUT2D eigenvalue weighted by atomic mass is 16.5. The van der Waals surface area contributed by atoms with Crippen molar-refractivity contribution in [1.29, 1.82) is 0 Å². The number of ether oxygens (including phenoxy) is 1. The molecule has 0 radical (unpaired) electrons. The fourth-order valence-corrected chi connectivity index (χ4v) is 1.30. The van der Waals surface area contributed by atoms with Crippen LogP contribution in [0.25, 0.3) is 0 Å². The van der Waals surface area contributed by atoms with E-state index in [9.17, 15) is 0 Å². The highest BCUT2D eigenvalue weighted by Crippen LogP contribution is 2.08. The van der Waals surface area contributed by atoms with Crippen molar-refractivity contribution in [2.75, 3.05) is 6.61 Å². The number of hydrogen-bond donors (Lipinski definition) is 0. The average molecular weight is 186 g/mol. The van der Waals surface area contributed by atoms with Crippen LogP contribution in [0, 0.1) is 5.92 Å². The molecule has 0 rings (SSSR count). The highest BCUT2D eigenvalue weighted by molar-refractivity contribution is 4.52. The van der Waals surface area contributed by atoms with Crippen LogP contribution in [0.5, 0.6) is 0 Å². The van der Waals surface area contributed by atoms with E-state index in [1.54, 1.807) is 0 Å². The Hall–Kier alpha value is -0.0400. The first-order chi connectivity index (χ1) is 6.16. The molecule has 1 atom stereocenters. The predicted octanol–water partition coefficient (Wildman–Crippen LogP) is 4.02. The van der Waals surface area contributed by atoms with Gasteiger partial charge in [-0.3, -0.25) is 0 Å². The highest BCUT2D eigenvalue weighted by Gasteiger charge is 2.02. The Bertz CT molecular complexity index is 99.3. The van der Waals surface area contributed by atoms with Gasteiger partial charge in [-0.25, -0.2) is 0 Å². The van der Waals surface area contributed by atoms with E-state index in [0.717, 1.165) is 6.61 Å². The molecule has 1 unspecified atom stereocenters. The quantitative estimate of drug-likeness (QED) is 0.520. The molecule has 0 saturated carbocycles. The van der Waals surface area contributed by atoms with Gasteiger partial charge in [0.05, 0.1) is 6.10 Å². The molecular formula is C12H26O. The smallest absolute Gasteiger partial charge is 0.0547 e. The van der Waals surface area contributed by atoms with E-state index in [-0.39, 0.29) is 0 Å². The van der Waals surface area contributed by atoms with Crippen LogP contribution in [0.2, 0.25) is 0 Å². The van der Waals surface area contributed by atoms with Crippen molar-refractivity contribution in [3.05, 3.63) is 0 Å². The third-order valence-electron chi connectivity index (χ3n) is 2.18. The van der Waals surface area contributed by atoms with Crippen LogP contribution in [0.15, 0.2) is 0 Å². The second kappa shape index (κ2) is 8.55. The third-order valence-corrected chi connectivity index (χ3v) is 2.18. The van der Waals surface area contributed by atoms with Gasteiger partial charge in [-0.2, -0.15) is 0 Å². The first-order valence-electron chi connectivity index (χ1n) is 5.78. The van der Waals surface area contributed by atoms with Crippen molar-refractivity contribution in [1.82, 2.24) is 0 Å². The van der Waals surface area contributed by atoms with Gasteiger partial charge in [-0.05, 0) is 19.3 Å². The zero-order valence-corrected chi connectivity index (χ0v) is 9.81. The standard InChI is InChI=1S/C12H26O/c1-5-6-7-8-9-12(4)13-10-11(2)3/h11-12H,5-10H2,1-4H3. The predicted molar refractivity (Wildman–Crippen MR) is 59.0 cm³/mol. The molecule has 0 fully saturated rings. The SMILES string of the molecule is CCCCCCC(C)OCC(C)C. The van der Waals surface area contributed by atoms with E-state index in [4.69, 9.17) is 4.74 Å². The van der Waals surface area contributed by atoms with Crippen LogP contribution in [-0.4, -0.2) is 12.7 Å². The van der Waals surface area contributed by atoms with Gasteiger partial charge in [-0.15, -0.1) is 0 Å². The van der Waals surface area contributed by atoms with Crippen molar-refractivity contribution < 1.29 is 4.74 Å². The molecule has 80 valence electrons. The molecule has 0 heterocycles. The molecule has 0 aromatic rings. The number of hydrogen-bond acceptors (Lipinski definition) is 1. The normalized spacial score (nSPS) is 13.6. The minimum Gasteiger partial charge on any atom is -0.378 e. The molecule has 13 heavy (non-hydrogen) atoms. The first kappa shape index (κ1) is 13.0. The van der Waals surface area contributed by atoms with Crippen molar-refractivity contribution in [2.24, 2.45) is 5.92 Å². The summed E-state index contributed by atoms with van der Waals surface area (Å²) in [5.74, 6) is 0.665. The summed E-state index contributed by atoms with van der Waals surface area (Å²) >= 11 is 0. The summed E-state index contributed by atoms with van der Waals surface area (Å²) < 4.78 is 5.68. The second-order valence-corrected chi connectivity index (χ2v) is 4.39. The molecular weight excluding hydrogens is 160 g/mol. The van der Waals surface area contributed by atoms with E-state index in [1.165, 1.54) is 32.1 Å². The molecule has 1 heteroatoms. The molecule has 0 bridgehead atoms. The monoisotopic (exact) mass is 186 g/mol. The minimum atomic E-state index is 0.458. The van der Waals surface area contributed by atoms with Crippen LogP contribution in [0.4, 0.5) is 0 Å². The summed E-state index contributed by atoms with van der Waals surface area (Å²) in [6.07, 6.45) is 7.07. The van der Waals surface area contributed by atoms with Gasteiger partial charge in [0.25, 0.3) is 0 Å². The van der Waals surface area contributed by atoms with Gasteiger partial charge >= 0.3 is 0 Å². The van der Waals surface area contributed by atoms with Gasteiger partial charge in [-0.1, -0.05) is 46.5 Å². The summed E-state index contributed by atoms with van der Waals surface area (Å²) in [6.45, 7) is 9.75. The molecule has 0 aliphatic heterocycles. The zero-order valence-electron chi connectivity index (χ0n) is 9.81. The second-order valence-electron chi connectivity index (χ2n) is 4.39. The van der Waals surface area contributed by atoms with Crippen LogP contribution in [-0.2, 0) is 4.74 Å². The van der Waals surface area contributed by atoms with E-state index in [2.05, 4.69) is 27.7 Å². The van der Waals surface area contributed by atoms with Crippen LogP contribution < -0.4 is 0 Å². The van der Waals surface area contributed by atoms with Gasteiger partial charge in [0.2, 0.25) is 0 Å². The fourth-order valence-electron chi connectivity index (χ4n) is 1.30. The molecule has 0 aliphatic rings. The Morgan fingerprint density at radius 2 is 1.69 bits per heavy atom. The zero-order chi connectivity index (χ0) is 10.1. The molecule has 0 aliphatic carbocycles. The maximum Gasteiger partial charge on any atom is 0.0547 e. The van der Waals surface area contributed by atoms with Crippen LogP contribution in [0.3, 0.4) is 0 Å². The summed E-state index contributed by atoms with van der Waals surface area (Å²) in [7, 11) is 0. The van der Waals surface area contributed by atoms with Crippen molar-refractivity contribution in [2.45, 2.75) is 65.9 Å². The molecule has 0 N–H and O–H groups in total. The van der Waals surface area contributed by atoms with Crippen molar-refractivity contribution in [3.8, 4) is 0 Å². The minimum absolute atomic E-state index is 0.458. The van der Waals surface area contributed by atoms with Crippen LogP contribution in [0.1, 0.15) is 59.8 Å². The molecule has 1 nitrogen and oxygen atoms in total. The van der Waals surface area contributed by atoms with Crippen molar-refractivity contribution >= 4 is 0 Å². The summed E-state index contributed by atoms with van der Waals surface area (Å²) in [5.41, 5.74) is 0. The summed E-state index contributed by atoms with van der Waals surface area (Å²) in [4.78, 5) is 0. The molecule has 0 saturated heterocycles.